The van der Waals surface area contributed by atoms with Crippen LogP contribution in [0.5, 0.6) is 0 Å². The highest BCUT2D eigenvalue weighted by Gasteiger charge is 2.40. The van der Waals surface area contributed by atoms with Gasteiger partial charge in [0.15, 0.2) is 0 Å². The molecule has 1 aliphatic carbocycles. The lowest BCUT2D eigenvalue weighted by Gasteiger charge is -2.39. The molecular formula is C16H20ClNO3. The Morgan fingerprint density at radius 1 is 1.43 bits per heavy atom. The van der Waals surface area contributed by atoms with Crippen LogP contribution >= 0.6 is 11.6 Å². The number of carboxylic acids is 1. The van der Waals surface area contributed by atoms with Gasteiger partial charge in [-0.05, 0) is 44.4 Å². The topological polar surface area (TPSA) is 57.6 Å². The maximum absolute atomic E-state index is 12.5. The summed E-state index contributed by atoms with van der Waals surface area (Å²) in [7, 11) is 1.74. The number of benzene rings is 1. The highest BCUT2D eigenvalue weighted by atomic mass is 35.5. The van der Waals surface area contributed by atoms with E-state index in [2.05, 4.69) is 0 Å². The molecule has 0 spiro atoms. The van der Waals surface area contributed by atoms with Crippen molar-refractivity contribution >= 4 is 23.5 Å². The van der Waals surface area contributed by atoms with Crippen LogP contribution in [0.1, 0.15) is 43.0 Å². The number of aliphatic carboxylic acids is 1. The van der Waals surface area contributed by atoms with E-state index in [1.165, 1.54) is 0 Å². The van der Waals surface area contributed by atoms with Crippen molar-refractivity contribution < 1.29 is 14.7 Å². The van der Waals surface area contributed by atoms with Gasteiger partial charge in [0.1, 0.15) is 0 Å². The minimum Gasteiger partial charge on any atom is -0.481 e. The molecule has 0 bridgehead atoms. The Morgan fingerprint density at radius 2 is 2.14 bits per heavy atom. The Labute approximate surface area is 129 Å². The Kier molecular flexibility index (Phi) is 4.57. The summed E-state index contributed by atoms with van der Waals surface area (Å²) in [5.41, 5.74) is -0.209. The minimum absolute atomic E-state index is 0.0497. The van der Waals surface area contributed by atoms with Crippen LogP contribution in [0.3, 0.4) is 0 Å². The van der Waals surface area contributed by atoms with Gasteiger partial charge < -0.3 is 10.0 Å². The first-order valence-electron chi connectivity index (χ1n) is 7.09. The summed E-state index contributed by atoms with van der Waals surface area (Å²) in [6, 6.07) is 6.78. The molecule has 1 aromatic carbocycles. The second-order valence-electron chi connectivity index (χ2n) is 6.04. The van der Waals surface area contributed by atoms with Gasteiger partial charge in [0.25, 0.3) is 5.91 Å². The van der Waals surface area contributed by atoms with Crippen molar-refractivity contribution in [1.29, 1.82) is 0 Å². The lowest BCUT2D eigenvalue weighted by Crippen LogP contribution is -2.45. The van der Waals surface area contributed by atoms with E-state index < -0.39 is 11.4 Å². The van der Waals surface area contributed by atoms with Gasteiger partial charge in [-0.15, -0.1) is 0 Å². The van der Waals surface area contributed by atoms with E-state index in [1.807, 2.05) is 0 Å². The van der Waals surface area contributed by atoms with Crippen LogP contribution < -0.4 is 0 Å². The molecule has 1 aromatic rings. The summed E-state index contributed by atoms with van der Waals surface area (Å²) >= 11 is 5.92. The Bertz CT molecular complexity index is 560. The Balaban J connectivity index is 2.14. The molecule has 1 aliphatic rings. The van der Waals surface area contributed by atoms with E-state index in [0.29, 0.717) is 23.4 Å². The molecule has 21 heavy (non-hydrogen) atoms. The zero-order valence-electron chi connectivity index (χ0n) is 12.3. The Hall–Kier alpha value is -1.55. The maximum atomic E-state index is 12.5. The molecule has 114 valence electrons. The third-order valence-corrected chi connectivity index (χ3v) is 4.64. The number of carbonyl (C=O) groups is 2. The molecule has 1 amide bonds. The largest absolute Gasteiger partial charge is 0.481 e. The van der Waals surface area contributed by atoms with E-state index in [9.17, 15) is 14.7 Å². The van der Waals surface area contributed by atoms with Crippen molar-refractivity contribution in [2.45, 2.75) is 38.6 Å². The van der Waals surface area contributed by atoms with Crippen molar-refractivity contribution in [3.63, 3.8) is 0 Å². The molecule has 2 atom stereocenters. The van der Waals surface area contributed by atoms with E-state index in [-0.39, 0.29) is 11.9 Å². The van der Waals surface area contributed by atoms with Crippen LogP contribution in [0, 0.1) is 5.41 Å². The number of hydrogen-bond acceptors (Lipinski definition) is 2. The third-order valence-electron chi connectivity index (χ3n) is 4.41. The number of rotatable bonds is 3. The van der Waals surface area contributed by atoms with Crippen molar-refractivity contribution in [2.75, 3.05) is 7.05 Å². The van der Waals surface area contributed by atoms with Crippen LogP contribution in [0.4, 0.5) is 0 Å². The van der Waals surface area contributed by atoms with Crippen molar-refractivity contribution in [3.8, 4) is 0 Å². The summed E-state index contributed by atoms with van der Waals surface area (Å²) in [6.45, 7) is 1.76. The predicted octanol–water partition coefficient (Wildman–Crippen LogP) is 3.45. The smallest absolute Gasteiger partial charge is 0.309 e. The molecule has 0 radical (unpaired) electrons. The quantitative estimate of drug-likeness (QED) is 0.930. The molecule has 0 heterocycles. The van der Waals surface area contributed by atoms with Gasteiger partial charge in [0.2, 0.25) is 0 Å². The van der Waals surface area contributed by atoms with Crippen molar-refractivity contribution in [2.24, 2.45) is 5.41 Å². The van der Waals surface area contributed by atoms with E-state index in [4.69, 9.17) is 11.6 Å². The van der Waals surface area contributed by atoms with Crippen molar-refractivity contribution in [3.05, 3.63) is 34.9 Å². The molecule has 2 unspecified atom stereocenters. The first kappa shape index (κ1) is 15.8. The normalized spacial score (nSPS) is 25.4. The van der Waals surface area contributed by atoms with Crippen LogP contribution in [-0.4, -0.2) is 35.0 Å². The number of carboxylic acid groups (broad SMARTS) is 1. The summed E-state index contributed by atoms with van der Waals surface area (Å²) in [5.74, 6) is -0.895. The van der Waals surface area contributed by atoms with Gasteiger partial charge in [-0.2, -0.15) is 0 Å². The van der Waals surface area contributed by atoms with Crippen LogP contribution in [-0.2, 0) is 4.79 Å². The molecule has 5 heteroatoms. The minimum atomic E-state index is -0.782. The average molecular weight is 310 g/mol. The molecule has 1 fully saturated rings. The van der Waals surface area contributed by atoms with E-state index in [0.717, 1.165) is 12.8 Å². The molecule has 1 saturated carbocycles. The summed E-state index contributed by atoms with van der Waals surface area (Å²) in [4.78, 5) is 25.6. The monoisotopic (exact) mass is 309 g/mol. The number of hydrogen-bond donors (Lipinski definition) is 1. The molecular weight excluding hydrogens is 290 g/mol. The van der Waals surface area contributed by atoms with Gasteiger partial charge in [0.05, 0.1) is 5.41 Å². The van der Waals surface area contributed by atoms with Crippen molar-refractivity contribution in [1.82, 2.24) is 4.90 Å². The molecule has 0 saturated heterocycles. The fraction of sp³-hybridized carbons (Fsp3) is 0.500. The van der Waals surface area contributed by atoms with Crippen LogP contribution in [0.15, 0.2) is 24.3 Å². The van der Waals surface area contributed by atoms with Crippen LogP contribution in [0.25, 0.3) is 0 Å². The van der Waals surface area contributed by atoms with Gasteiger partial charge >= 0.3 is 5.97 Å². The molecule has 4 nitrogen and oxygen atoms in total. The fourth-order valence-electron chi connectivity index (χ4n) is 2.97. The molecule has 2 rings (SSSR count). The third kappa shape index (κ3) is 3.38. The van der Waals surface area contributed by atoms with Gasteiger partial charge in [-0.1, -0.05) is 24.1 Å². The SMILES string of the molecule is CN(C(=O)c1cccc(Cl)c1)C1CCCC(C)(C(=O)O)C1. The number of amides is 1. The lowest BCUT2D eigenvalue weighted by atomic mass is 9.73. The number of nitrogens with zero attached hydrogens (tertiary/aromatic N) is 1. The average Bonchev–Trinajstić information content (AvgIpc) is 2.45. The second-order valence-corrected chi connectivity index (χ2v) is 6.48. The lowest BCUT2D eigenvalue weighted by molar-refractivity contribution is -0.150. The highest BCUT2D eigenvalue weighted by Crippen LogP contribution is 2.38. The maximum Gasteiger partial charge on any atom is 0.309 e. The van der Waals surface area contributed by atoms with Gasteiger partial charge in [-0.3, -0.25) is 9.59 Å². The first-order chi connectivity index (χ1) is 9.83. The van der Waals surface area contributed by atoms with Gasteiger partial charge in [0, 0.05) is 23.7 Å². The van der Waals surface area contributed by atoms with Crippen LogP contribution in [0.2, 0.25) is 5.02 Å². The highest BCUT2D eigenvalue weighted by molar-refractivity contribution is 6.30. The first-order valence-corrected chi connectivity index (χ1v) is 7.47. The molecule has 1 N–H and O–H groups in total. The fourth-order valence-corrected chi connectivity index (χ4v) is 3.16. The van der Waals surface area contributed by atoms with Gasteiger partial charge in [-0.25, -0.2) is 0 Å². The zero-order chi connectivity index (χ0) is 15.6. The standard InChI is InChI=1S/C16H20ClNO3/c1-16(15(20)21)8-4-7-13(10-16)18(2)14(19)11-5-3-6-12(17)9-11/h3,5-6,9,13H,4,7-8,10H2,1-2H3,(H,20,21). The number of carbonyl (C=O) groups excluding carboxylic acids is 1. The van der Waals surface area contributed by atoms with E-state index >= 15 is 0 Å². The predicted molar refractivity (Wildman–Crippen MR) is 81.5 cm³/mol. The second kappa shape index (κ2) is 6.06. The summed E-state index contributed by atoms with van der Waals surface area (Å²) in [6.07, 6.45) is 2.81. The van der Waals surface area contributed by atoms with E-state index in [1.54, 1.807) is 43.1 Å². The summed E-state index contributed by atoms with van der Waals surface area (Å²) < 4.78 is 0. The molecule has 0 aromatic heterocycles. The summed E-state index contributed by atoms with van der Waals surface area (Å²) in [5, 5.41) is 9.89. The number of halogens is 1. The zero-order valence-corrected chi connectivity index (χ0v) is 13.1. The Morgan fingerprint density at radius 3 is 2.76 bits per heavy atom. The molecule has 0 aliphatic heterocycles.